The van der Waals surface area contributed by atoms with E-state index < -0.39 is 10.0 Å². The van der Waals surface area contributed by atoms with E-state index in [1.165, 1.54) is 0 Å². The van der Waals surface area contributed by atoms with Crippen LogP contribution in [0, 0.1) is 6.92 Å². The van der Waals surface area contributed by atoms with E-state index in [4.69, 9.17) is 0 Å². The van der Waals surface area contributed by atoms with Crippen LogP contribution in [-0.4, -0.2) is 39.0 Å². The number of rotatable bonds is 4. The van der Waals surface area contributed by atoms with Gasteiger partial charge in [-0.2, -0.15) is 0 Å². The summed E-state index contributed by atoms with van der Waals surface area (Å²) in [5, 5.41) is 0. The van der Waals surface area contributed by atoms with Crippen LogP contribution in [-0.2, 0) is 10.0 Å². The van der Waals surface area contributed by atoms with Crippen molar-refractivity contribution in [1.82, 2.24) is 9.62 Å². The minimum absolute atomic E-state index is 0.0479. The Hall–Kier alpha value is -0.430. The molecule has 1 aliphatic heterocycles. The van der Waals surface area contributed by atoms with Crippen molar-refractivity contribution in [3.05, 3.63) is 28.2 Å². The number of hydrogen-bond acceptors (Lipinski definition) is 3. The first kappa shape index (κ1) is 15.9. The predicted molar refractivity (Wildman–Crippen MR) is 84.3 cm³/mol. The molecule has 1 aliphatic rings. The molecule has 0 spiro atoms. The first-order valence-corrected chi connectivity index (χ1v) is 9.21. The smallest absolute Gasteiger partial charge is 0.240 e. The first-order chi connectivity index (χ1) is 9.42. The van der Waals surface area contributed by atoms with Crippen LogP contribution >= 0.6 is 15.9 Å². The molecule has 0 aliphatic carbocycles. The second-order valence-electron chi connectivity index (χ2n) is 5.24. The maximum Gasteiger partial charge on any atom is 0.240 e. The molecule has 1 N–H and O–H groups in total. The molecule has 1 aromatic rings. The minimum atomic E-state index is -3.41. The second-order valence-corrected chi connectivity index (χ2v) is 7.81. The van der Waals surface area contributed by atoms with Gasteiger partial charge >= 0.3 is 0 Å². The summed E-state index contributed by atoms with van der Waals surface area (Å²) in [7, 11) is -3.41. The quantitative estimate of drug-likeness (QED) is 0.897. The van der Waals surface area contributed by atoms with Gasteiger partial charge in [-0.25, -0.2) is 13.1 Å². The number of aryl methyl sites for hydroxylation is 1. The highest BCUT2D eigenvalue weighted by atomic mass is 79.9. The van der Waals surface area contributed by atoms with Crippen molar-refractivity contribution in [3.63, 3.8) is 0 Å². The van der Waals surface area contributed by atoms with Gasteiger partial charge in [0, 0.05) is 10.5 Å². The van der Waals surface area contributed by atoms with Crippen LogP contribution in [0.3, 0.4) is 0 Å². The molecule has 0 aromatic heterocycles. The molecule has 20 heavy (non-hydrogen) atoms. The summed E-state index contributed by atoms with van der Waals surface area (Å²) in [6, 6.07) is 5.17. The Morgan fingerprint density at radius 1 is 1.35 bits per heavy atom. The van der Waals surface area contributed by atoms with Gasteiger partial charge in [0.05, 0.1) is 4.90 Å². The van der Waals surface area contributed by atoms with E-state index in [1.807, 2.05) is 6.92 Å². The molecule has 0 amide bonds. The Morgan fingerprint density at radius 3 is 2.55 bits per heavy atom. The van der Waals surface area contributed by atoms with E-state index in [0.29, 0.717) is 4.90 Å². The number of halogens is 1. The fraction of sp³-hybridized carbons (Fsp3) is 0.571. The summed E-state index contributed by atoms with van der Waals surface area (Å²) >= 11 is 3.39. The van der Waals surface area contributed by atoms with Crippen molar-refractivity contribution in [1.29, 1.82) is 0 Å². The molecule has 0 bridgehead atoms. The van der Waals surface area contributed by atoms with Gasteiger partial charge in [-0.15, -0.1) is 0 Å². The number of likely N-dealkylation sites (tertiary alicyclic amines) is 1. The zero-order valence-corrected chi connectivity index (χ0v) is 14.3. The van der Waals surface area contributed by atoms with Crippen LogP contribution in [0.5, 0.6) is 0 Å². The highest BCUT2D eigenvalue weighted by Gasteiger charge is 2.24. The van der Waals surface area contributed by atoms with Crippen LogP contribution in [0.4, 0.5) is 0 Å². The molecule has 1 fully saturated rings. The molecular weight excluding hydrogens is 340 g/mol. The summed E-state index contributed by atoms with van der Waals surface area (Å²) in [5.41, 5.74) is 0.925. The van der Waals surface area contributed by atoms with Crippen LogP contribution in [0.15, 0.2) is 27.6 Å². The summed E-state index contributed by atoms with van der Waals surface area (Å²) in [6.45, 7) is 6.98. The number of sulfonamides is 1. The standard InChI is InChI=1S/C14H21BrN2O2S/c1-3-17-8-6-12(7-9-17)16-20(18,19)13-4-5-14(15)11(2)10-13/h4-5,10,12,16H,3,6-9H2,1-2H3. The Balaban J connectivity index is 2.06. The Kier molecular flexibility index (Phi) is 5.23. The third-order valence-corrected chi connectivity index (χ3v) is 6.20. The average molecular weight is 361 g/mol. The van der Waals surface area contributed by atoms with Gasteiger partial charge in [-0.1, -0.05) is 22.9 Å². The molecule has 1 saturated heterocycles. The number of piperidine rings is 1. The van der Waals surface area contributed by atoms with Crippen molar-refractivity contribution in [3.8, 4) is 0 Å². The molecule has 1 aromatic carbocycles. The van der Waals surface area contributed by atoms with E-state index in [2.05, 4.69) is 32.5 Å². The molecule has 4 nitrogen and oxygen atoms in total. The SMILES string of the molecule is CCN1CCC(NS(=O)(=O)c2ccc(Br)c(C)c2)CC1. The topological polar surface area (TPSA) is 49.4 Å². The maximum atomic E-state index is 12.4. The fourth-order valence-corrected chi connectivity index (χ4v) is 4.08. The zero-order valence-electron chi connectivity index (χ0n) is 11.9. The third-order valence-electron chi connectivity index (χ3n) is 3.80. The van der Waals surface area contributed by atoms with E-state index in [0.717, 1.165) is 42.5 Å². The lowest BCUT2D eigenvalue weighted by atomic mass is 10.1. The largest absolute Gasteiger partial charge is 0.303 e. The molecule has 2 rings (SSSR count). The molecule has 0 unspecified atom stereocenters. The van der Waals surface area contributed by atoms with E-state index in [1.54, 1.807) is 18.2 Å². The summed E-state index contributed by atoms with van der Waals surface area (Å²) < 4.78 is 28.5. The van der Waals surface area contributed by atoms with Gasteiger partial charge in [-0.05, 0) is 63.2 Å². The number of benzene rings is 1. The van der Waals surface area contributed by atoms with Crippen LogP contribution in [0.2, 0.25) is 0 Å². The predicted octanol–water partition coefficient (Wildman–Crippen LogP) is 2.52. The third kappa shape index (κ3) is 3.81. The molecule has 6 heteroatoms. The lowest BCUT2D eigenvalue weighted by molar-refractivity contribution is 0.217. The molecule has 0 atom stereocenters. The Labute approximate surface area is 129 Å². The lowest BCUT2D eigenvalue weighted by Crippen LogP contribution is -2.44. The number of hydrogen-bond donors (Lipinski definition) is 1. The Bertz CT molecular complexity index is 567. The molecule has 112 valence electrons. The normalized spacial score (nSPS) is 18.4. The van der Waals surface area contributed by atoms with Gasteiger partial charge in [0.1, 0.15) is 0 Å². The monoisotopic (exact) mass is 360 g/mol. The lowest BCUT2D eigenvalue weighted by Gasteiger charge is -2.31. The van der Waals surface area contributed by atoms with Crippen molar-refractivity contribution >= 4 is 26.0 Å². The van der Waals surface area contributed by atoms with E-state index in [9.17, 15) is 8.42 Å². The van der Waals surface area contributed by atoms with Crippen molar-refractivity contribution < 1.29 is 8.42 Å². The van der Waals surface area contributed by atoms with Crippen molar-refractivity contribution in [2.75, 3.05) is 19.6 Å². The van der Waals surface area contributed by atoms with Crippen LogP contribution in [0.25, 0.3) is 0 Å². The van der Waals surface area contributed by atoms with Gasteiger partial charge in [0.15, 0.2) is 0 Å². The molecule has 0 saturated carbocycles. The highest BCUT2D eigenvalue weighted by molar-refractivity contribution is 9.10. The summed E-state index contributed by atoms with van der Waals surface area (Å²) in [6.07, 6.45) is 1.76. The maximum absolute atomic E-state index is 12.4. The van der Waals surface area contributed by atoms with Gasteiger partial charge in [0.2, 0.25) is 10.0 Å². The first-order valence-electron chi connectivity index (χ1n) is 6.93. The number of nitrogens with one attached hydrogen (secondary N) is 1. The van der Waals surface area contributed by atoms with Crippen LogP contribution in [0.1, 0.15) is 25.3 Å². The zero-order chi connectivity index (χ0) is 14.8. The molecule has 0 radical (unpaired) electrons. The number of nitrogens with zero attached hydrogens (tertiary/aromatic N) is 1. The van der Waals surface area contributed by atoms with E-state index >= 15 is 0 Å². The average Bonchev–Trinajstić information content (AvgIpc) is 2.42. The van der Waals surface area contributed by atoms with Crippen molar-refractivity contribution in [2.45, 2.75) is 37.6 Å². The highest BCUT2D eigenvalue weighted by Crippen LogP contribution is 2.21. The molecule has 1 heterocycles. The summed E-state index contributed by atoms with van der Waals surface area (Å²) in [4.78, 5) is 2.69. The van der Waals surface area contributed by atoms with Crippen molar-refractivity contribution in [2.24, 2.45) is 0 Å². The van der Waals surface area contributed by atoms with Gasteiger partial charge < -0.3 is 4.90 Å². The van der Waals surface area contributed by atoms with Gasteiger partial charge in [-0.3, -0.25) is 0 Å². The van der Waals surface area contributed by atoms with Gasteiger partial charge in [0.25, 0.3) is 0 Å². The van der Waals surface area contributed by atoms with Crippen LogP contribution < -0.4 is 4.72 Å². The van der Waals surface area contributed by atoms with E-state index in [-0.39, 0.29) is 6.04 Å². The Morgan fingerprint density at radius 2 is 2.00 bits per heavy atom. The second kappa shape index (κ2) is 6.56. The minimum Gasteiger partial charge on any atom is -0.303 e. The summed E-state index contributed by atoms with van der Waals surface area (Å²) in [5.74, 6) is 0. The molecular formula is C14H21BrN2O2S. The fourth-order valence-electron chi connectivity index (χ4n) is 2.44.